The molecule has 0 saturated carbocycles. The highest BCUT2D eigenvalue weighted by Gasteiger charge is 2.26. The van der Waals surface area contributed by atoms with E-state index in [4.69, 9.17) is 0 Å². The standard InChI is InChI=1S/C28H30S2/c1-3-5-7-9-19-17-25-23-11-12-24-22(21(23)13-15-27(25)29-19)14-16-28-26(24)18-20(30-28)10-8-6-4-2/h7-12,17-18H,3-6,13-16H2,1-2H3/b9-7+,10-8+. The minimum absolute atomic E-state index is 1.17. The summed E-state index contributed by atoms with van der Waals surface area (Å²) < 4.78 is 0. The van der Waals surface area contributed by atoms with Crippen LogP contribution in [-0.2, 0) is 25.7 Å². The molecule has 0 fully saturated rings. The van der Waals surface area contributed by atoms with Gasteiger partial charge in [-0.3, -0.25) is 0 Å². The summed E-state index contributed by atoms with van der Waals surface area (Å²) in [4.78, 5) is 5.99. The first-order valence-electron chi connectivity index (χ1n) is 11.5. The first kappa shape index (κ1) is 20.0. The van der Waals surface area contributed by atoms with Gasteiger partial charge in [0.15, 0.2) is 0 Å². The Labute approximate surface area is 189 Å². The van der Waals surface area contributed by atoms with Crippen molar-refractivity contribution in [1.29, 1.82) is 0 Å². The lowest BCUT2D eigenvalue weighted by molar-refractivity contribution is 0.892. The summed E-state index contributed by atoms with van der Waals surface area (Å²) in [6.07, 6.45) is 18.9. The van der Waals surface area contributed by atoms with Crippen molar-refractivity contribution in [3.63, 3.8) is 0 Å². The van der Waals surface area contributed by atoms with Gasteiger partial charge in [0.2, 0.25) is 0 Å². The van der Waals surface area contributed by atoms with Crippen LogP contribution in [0.25, 0.3) is 34.4 Å². The molecule has 0 aliphatic heterocycles. The Balaban J connectivity index is 1.51. The smallest absolute Gasteiger partial charge is 0.0276 e. The maximum absolute atomic E-state index is 2.44. The molecule has 1 aromatic carbocycles. The van der Waals surface area contributed by atoms with E-state index < -0.39 is 0 Å². The number of hydrogen-bond acceptors (Lipinski definition) is 2. The minimum atomic E-state index is 1.17. The quantitative estimate of drug-likeness (QED) is 0.366. The molecule has 154 valence electrons. The number of benzene rings is 1. The number of hydrogen-bond donors (Lipinski definition) is 0. The molecule has 0 unspecified atom stereocenters. The average molecular weight is 431 g/mol. The van der Waals surface area contributed by atoms with Crippen LogP contribution in [0.1, 0.15) is 70.2 Å². The predicted molar refractivity (Wildman–Crippen MR) is 136 cm³/mol. The monoisotopic (exact) mass is 430 g/mol. The largest absolute Gasteiger partial charge is 0.140 e. The summed E-state index contributed by atoms with van der Waals surface area (Å²) in [5, 5.41) is 0. The van der Waals surface area contributed by atoms with Gasteiger partial charge in [0.25, 0.3) is 0 Å². The number of allylic oxidation sites excluding steroid dienone is 2. The topological polar surface area (TPSA) is 0 Å². The van der Waals surface area contributed by atoms with E-state index >= 15 is 0 Å². The molecule has 30 heavy (non-hydrogen) atoms. The fourth-order valence-corrected chi connectivity index (χ4v) is 7.09. The Morgan fingerprint density at radius 3 is 1.57 bits per heavy atom. The van der Waals surface area contributed by atoms with Gasteiger partial charge in [-0.05, 0) is 96.2 Å². The van der Waals surface area contributed by atoms with Crippen molar-refractivity contribution in [3.05, 3.63) is 67.1 Å². The van der Waals surface area contributed by atoms with Crippen molar-refractivity contribution in [2.75, 3.05) is 0 Å². The number of thiophene rings is 2. The molecule has 2 heterocycles. The van der Waals surface area contributed by atoms with E-state index in [9.17, 15) is 0 Å². The number of fused-ring (bicyclic) bond motifs is 7. The Kier molecular flexibility index (Phi) is 5.80. The molecule has 0 nitrogen and oxygen atoms in total. The second kappa shape index (κ2) is 8.69. The Hall–Kier alpha value is -1.90. The zero-order chi connectivity index (χ0) is 20.5. The highest BCUT2D eigenvalue weighted by Crippen LogP contribution is 2.46. The molecule has 0 bridgehead atoms. The van der Waals surface area contributed by atoms with Gasteiger partial charge in [0, 0.05) is 19.5 Å². The van der Waals surface area contributed by atoms with E-state index in [2.05, 4.69) is 62.4 Å². The highest BCUT2D eigenvalue weighted by molar-refractivity contribution is 7.13. The summed E-state index contributed by atoms with van der Waals surface area (Å²) in [6, 6.07) is 9.70. The van der Waals surface area contributed by atoms with E-state index in [0.29, 0.717) is 0 Å². The van der Waals surface area contributed by atoms with Gasteiger partial charge in [0.05, 0.1) is 0 Å². The van der Waals surface area contributed by atoms with Crippen LogP contribution in [0.2, 0.25) is 0 Å². The van der Waals surface area contributed by atoms with Gasteiger partial charge in [-0.15, -0.1) is 22.7 Å². The van der Waals surface area contributed by atoms with Crippen LogP contribution in [0.15, 0.2) is 36.4 Å². The van der Waals surface area contributed by atoms with Crippen LogP contribution in [-0.4, -0.2) is 0 Å². The van der Waals surface area contributed by atoms with Crippen molar-refractivity contribution in [2.45, 2.75) is 65.2 Å². The summed E-state index contributed by atoms with van der Waals surface area (Å²) >= 11 is 3.99. The zero-order valence-corrected chi connectivity index (χ0v) is 19.7. The first-order valence-corrected chi connectivity index (χ1v) is 13.2. The van der Waals surface area contributed by atoms with E-state index in [0.717, 1.165) is 0 Å². The molecule has 0 radical (unpaired) electrons. The lowest BCUT2D eigenvalue weighted by atomic mass is 9.80. The summed E-state index contributed by atoms with van der Waals surface area (Å²) in [6.45, 7) is 4.49. The third-order valence-electron chi connectivity index (χ3n) is 6.35. The molecule has 2 aromatic heterocycles. The predicted octanol–water partition coefficient (Wildman–Crippen LogP) is 8.97. The molecular formula is C28H30S2. The number of unbranched alkanes of at least 4 members (excludes halogenated alkanes) is 2. The SMILES string of the molecule is CCC/C=C/c1cc2c(s1)CCc1c-2ccc2c1CCc1sc(/C=C/CCC)cc1-2. The molecule has 0 atom stereocenters. The molecule has 3 aromatic rings. The van der Waals surface area contributed by atoms with Crippen molar-refractivity contribution < 1.29 is 0 Å². The van der Waals surface area contributed by atoms with Gasteiger partial charge < -0.3 is 0 Å². The molecule has 0 saturated heterocycles. The van der Waals surface area contributed by atoms with Gasteiger partial charge >= 0.3 is 0 Å². The molecule has 5 rings (SSSR count). The summed E-state index contributed by atoms with van der Waals surface area (Å²) in [5.74, 6) is 0. The second-order valence-corrected chi connectivity index (χ2v) is 10.8. The first-order chi connectivity index (χ1) is 14.8. The van der Waals surface area contributed by atoms with Crippen molar-refractivity contribution in [1.82, 2.24) is 0 Å². The van der Waals surface area contributed by atoms with Crippen molar-refractivity contribution in [3.8, 4) is 22.3 Å². The van der Waals surface area contributed by atoms with Gasteiger partial charge in [0.1, 0.15) is 0 Å². The molecule has 2 aliphatic carbocycles. The van der Waals surface area contributed by atoms with E-state index in [-0.39, 0.29) is 0 Å². The number of aryl methyl sites for hydroxylation is 2. The lowest BCUT2D eigenvalue weighted by Gasteiger charge is -2.25. The average Bonchev–Trinajstić information content (AvgIpc) is 3.37. The second-order valence-electron chi connectivity index (χ2n) is 8.47. The van der Waals surface area contributed by atoms with Crippen LogP contribution in [0.5, 0.6) is 0 Å². The molecule has 2 heteroatoms. The van der Waals surface area contributed by atoms with E-state index in [1.807, 2.05) is 22.7 Å². The van der Waals surface area contributed by atoms with Gasteiger partial charge in [-0.1, -0.05) is 51.0 Å². The molecule has 2 aliphatic rings. The lowest BCUT2D eigenvalue weighted by Crippen LogP contribution is -2.10. The third kappa shape index (κ3) is 3.65. The van der Waals surface area contributed by atoms with Crippen molar-refractivity contribution in [2.24, 2.45) is 0 Å². The highest BCUT2D eigenvalue weighted by atomic mass is 32.1. The maximum atomic E-state index is 2.44. The van der Waals surface area contributed by atoms with Crippen LogP contribution in [0.3, 0.4) is 0 Å². The Morgan fingerprint density at radius 2 is 1.13 bits per heavy atom. The Bertz CT molecular complexity index is 1030. The molecule has 0 N–H and O–H groups in total. The fraction of sp³-hybridized carbons (Fsp3) is 0.357. The molecular weight excluding hydrogens is 400 g/mol. The minimum Gasteiger partial charge on any atom is -0.140 e. The summed E-state index contributed by atoms with van der Waals surface area (Å²) in [7, 11) is 0. The van der Waals surface area contributed by atoms with Crippen LogP contribution in [0.4, 0.5) is 0 Å². The van der Waals surface area contributed by atoms with Crippen LogP contribution >= 0.6 is 22.7 Å². The van der Waals surface area contributed by atoms with Crippen LogP contribution in [0, 0.1) is 0 Å². The zero-order valence-electron chi connectivity index (χ0n) is 18.1. The third-order valence-corrected chi connectivity index (χ3v) is 8.67. The maximum Gasteiger partial charge on any atom is 0.0276 e. The molecule has 0 amide bonds. The van der Waals surface area contributed by atoms with Crippen LogP contribution < -0.4 is 0 Å². The van der Waals surface area contributed by atoms with E-state index in [1.165, 1.54) is 83.4 Å². The van der Waals surface area contributed by atoms with Gasteiger partial charge in [-0.25, -0.2) is 0 Å². The molecule has 0 spiro atoms. The fourth-order valence-electron chi connectivity index (χ4n) is 4.87. The van der Waals surface area contributed by atoms with Gasteiger partial charge in [-0.2, -0.15) is 0 Å². The van der Waals surface area contributed by atoms with Crippen molar-refractivity contribution >= 4 is 34.8 Å². The normalized spacial score (nSPS) is 14.7. The Morgan fingerprint density at radius 1 is 0.667 bits per heavy atom. The van der Waals surface area contributed by atoms with E-state index in [1.54, 1.807) is 20.9 Å². The summed E-state index contributed by atoms with van der Waals surface area (Å²) in [5.41, 5.74) is 9.26. The number of rotatable bonds is 6.